The molecule has 1 fully saturated rings. The number of carbonyl (C=O) groups excluding carboxylic acids is 1. The molecule has 2 aromatic rings. The van der Waals surface area contributed by atoms with Gasteiger partial charge in [-0.2, -0.15) is 0 Å². The fraction of sp³-hybridized carbons (Fsp3) is 0.278. The highest BCUT2D eigenvalue weighted by atomic mass is 32.2. The van der Waals surface area contributed by atoms with Gasteiger partial charge in [0, 0.05) is 24.7 Å². The summed E-state index contributed by atoms with van der Waals surface area (Å²) in [4.78, 5) is 13.6. The van der Waals surface area contributed by atoms with E-state index in [1.54, 1.807) is 29.2 Å². The number of nitrogens with one attached hydrogen (secondary N) is 1. The number of benzene rings is 2. The van der Waals surface area contributed by atoms with Crippen molar-refractivity contribution >= 4 is 27.3 Å². The van der Waals surface area contributed by atoms with Crippen LogP contribution in [0.25, 0.3) is 0 Å². The van der Waals surface area contributed by atoms with Crippen molar-refractivity contribution in [3.05, 3.63) is 42.5 Å². The van der Waals surface area contributed by atoms with Crippen LogP contribution >= 0.6 is 0 Å². The first-order chi connectivity index (χ1) is 12.4. The van der Waals surface area contributed by atoms with E-state index >= 15 is 0 Å². The van der Waals surface area contributed by atoms with Gasteiger partial charge >= 0.3 is 0 Å². The Morgan fingerprint density at radius 2 is 1.81 bits per heavy atom. The standard InChI is InChI=1S/C18H20N2O5S/c1-24-16-9-8-15(12-17(16)25-2)26(22,23)19-13-5-3-6-14(11-13)20-10-4-7-18(20)21/h3,5-6,8-9,11-12,19H,4,7,10H2,1-2H3. The van der Waals surface area contributed by atoms with Crippen LogP contribution in [0.2, 0.25) is 0 Å². The largest absolute Gasteiger partial charge is 0.493 e. The lowest BCUT2D eigenvalue weighted by Gasteiger charge is -2.17. The molecule has 0 bridgehead atoms. The van der Waals surface area contributed by atoms with Crippen molar-refractivity contribution in [1.82, 2.24) is 0 Å². The number of sulfonamides is 1. The Morgan fingerprint density at radius 1 is 1.04 bits per heavy atom. The zero-order chi connectivity index (χ0) is 18.7. The van der Waals surface area contributed by atoms with Gasteiger partial charge in [-0.1, -0.05) is 6.07 Å². The maximum Gasteiger partial charge on any atom is 0.262 e. The molecule has 8 heteroatoms. The molecular formula is C18H20N2O5S. The fourth-order valence-corrected chi connectivity index (χ4v) is 3.92. The Kier molecular flexibility index (Phi) is 5.03. The molecule has 3 rings (SSSR count). The monoisotopic (exact) mass is 376 g/mol. The predicted octanol–water partition coefficient (Wildman–Crippen LogP) is 2.63. The average Bonchev–Trinajstić information content (AvgIpc) is 3.07. The molecule has 0 spiro atoms. The number of anilines is 2. The number of nitrogens with zero attached hydrogens (tertiary/aromatic N) is 1. The number of amides is 1. The molecular weight excluding hydrogens is 356 g/mol. The van der Waals surface area contributed by atoms with Gasteiger partial charge < -0.3 is 14.4 Å². The summed E-state index contributed by atoms with van der Waals surface area (Å²) in [6.45, 7) is 0.644. The predicted molar refractivity (Wildman–Crippen MR) is 98.4 cm³/mol. The van der Waals surface area contributed by atoms with Crippen LogP contribution in [0.1, 0.15) is 12.8 Å². The molecule has 2 aromatic carbocycles. The van der Waals surface area contributed by atoms with Crippen LogP contribution in [0.5, 0.6) is 11.5 Å². The average molecular weight is 376 g/mol. The summed E-state index contributed by atoms with van der Waals surface area (Å²) in [7, 11) is -0.889. The maximum absolute atomic E-state index is 12.7. The molecule has 1 aliphatic rings. The van der Waals surface area contributed by atoms with E-state index in [2.05, 4.69) is 4.72 Å². The number of carbonyl (C=O) groups is 1. The van der Waals surface area contributed by atoms with E-state index in [9.17, 15) is 13.2 Å². The highest BCUT2D eigenvalue weighted by Crippen LogP contribution is 2.31. The van der Waals surface area contributed by atoms with Crippen molar-refractivity contribution in [2.24, 2.45) is 0 Å². The van der Waals surface area contributed by atoms with Crippen LogP contribution < -0.4 is 19.1 Å². The minimum Gasteiger partial charge on any atom is -0.493 e. The van der Waals surface area contributed by atoms with E-state index in [0.717, 1.165) is 6.42 Å². The molecule has 0 unspecified atom stereocenters. The Hall–Kier alpha value is -2.74. The summed E-state index contributed by atoms with van der Waals surface area (Å²) >= 11 is 0. The Morgan fingerprint density at radius 3 is 2.46 bits per heavy atom. The summed E-state index contributed by atoms with van der Waals surface area (Å²) in [5.74, 6) is 0.817. The molecule has 0 aromatic heterocycles. The van der Waals surface area contributed by atoms with Crippen LogP contribution in [0.4, 0.5) is 11.4 Å². The van der Waals surface area contributed by atoms with Gasteiger partial charge in [0.15, 0.2) is 11.5 Å². The number of hydrogen-bond acceptors (Lipinski definition) is 5. The maximum atomic E-state index is 12.7. The third kappa shape index (κ3) is 3.60. The van der Waals surface area contributed by atoms with Gasteiger partial charge in [-0.05, 0) is 36.8 Å². The molecule has 1 amide bonds. The lowest BCUT2D eigenvalue weighted by atomic mass is 10.2. The van der Waals surface area contributed by atoms with Crippen molar-refractivity contribution in [3.8, 4) is 11.5 Å². The first kappa shape index (κ1) is 18.1. The molecule has 1 saturated heterocycles. The Balaban J connectivity index is 1.87. The molecule has 1 aliphatic heterocycles. The van der Waals surface area contributed by atoms with Gasteiger partial charge in [-0.3, -0.25) is 9.52 Å². The molecule has 7 nitrogen and oxygen atoms in total. The zero-order valence-electron chi connectivity index (χ0n) is 14.6. The number of hydrogen-bond donors (Lipinski definition) is 1. The smallest absolute Gasteiger partial charge is 0.262 e. The van der Waals surface area contributed by atoms with Crippen LogP contribution in [-0.2, 0) is 14.8 Å². The van der Waals surface area contributed by atoms with E-state index in [4.69, 9.17) is 9.47 Å². The summed E-state index contributed by atoms with van der Waals surface area (Å²) in [6.07, 6.45) is 1.32. The highest BCUT2D eigenvalue weighted by molar-refractivity contribution is 7.92. The number of ether oxygens (including phenoxy) is 2. The molecule has 0 atom stereocenters. The first-order valence-electron chi connectivity index (χ1n) is 8.10. The fourth-order valence-electron chi connectivity index (χ4n) is 2.86. The summed E-state index contributed by atoms with van der Waals surface area (Å²) in [6, 6.07) is 11.2. The SMILES string of the molecule is COc1ccc(S(=O)(=O)Nc2cccc(N3CCCC3=O)c2)cc1OC. The minimum absolute atomic E-state index is 0.0462. The Bertz CT molecular complexity index is 927. The lowest BCUT2D eigenvalue weighted by molar-refractivity contribution is -0.117. The third-order valence-electron chi connectivity index (χ3n) is 4.15. The lowest BCUT2D eigenvalue weighted by Crippen LogP contribution is -2.23. The van der Waals surface area contributed by atoms with E-state index in [0.29, 0.717) is 35.8 Å². The van der Waals surface area contributed by atoms with E-state index < -0.39 is 10.0 Å². The summed E-state index contributed by atoms with van der Waals surface area (Å²) < 4.78 is 38.2. The summed E-state index contributed by atoms with van der Waals surface area (Å²) in [5, 5.41) is 0. The van der Waals surface area contributed by atoms with Crippen molar-refractivity contribution in [2.45, 2.75) is 17.7 Å². The molecule has 1 N–H and O–H groups in total. The molecule has 26 heavy (non-hydrogen) atoms. The molecule has 0 saturated carbocycles. The van der Waals surface area contributed by atoms with E-state index in [-0.39, 0.29) is 10.8 Å². The molecule has 0 radical (unpaired) electrons. The van der Waals surface area contributed by atoms with Crippen LogP contribution in [0.15, 0.2) is 47.4 Å². The van der Waals surface area contributed by atoms with E-state index in [1.807, 2.05) is 0 Å². The number of methoxy groups -OCH3 is 2. The van der Waals surface area contributed by atoms with Crippen LogP contribution in [0.3, 0.4) is 0 Å². The molecule has 138 valence electrons. The number of rotatable bonds is 6. The van der Waals surface area contributed by atoms with Gasteiger partial charge in [-0.15, -0.1) is 0 Å². The Labute approximate surface area is 152 Å². The second-order valence-electron chi connectivity index (χ2n) is 5.82. The van der Waals surface area contributed by atoms with Gasteiger partial charge in [0.2, 0.25) is 5.91 Å². The van der Waals surface area contributed by atoms with Gasteiger partial charge in [0.25, 0.3) is 10.0 Å². The normalized spacial score (nSPS) is 14.4. The topological polar surface area (TPSA) is 84.9 Å². The minimum atomic E-state index is -3.81. The van der Waals surface area contributed by atoms with Crippen molar-refractivity contribution in [2.75, 3.05) is 30.4 Å². The molecule has 0 aliphatic carbocycles. The van der Waals surface area contributed by atoms with Crippen molar-refractivity contribution < 1.29 is 22.7 Å². The molecule has 1 heterocycles. The van der Waals surface area contributed by atoms with Crippen molar-refractivity contribution in [3.63, 3.8) is 0 Å². The van der Waals surface area contributed by atoms with Crippen LogP contribution in [-0.4, -0.2) is 35.1 Å². The first-order valence-corrected chi connectivity index (χ1v) is 9.58. The zero-order valence-corrected chi connectivity index (χ0v) is 15.4. The van der Waals surface area contributed by atoms with Gasteiger partial charge in [0.05, 0.1) is 24.8 Å². The summed E-state index contributed by atoms with van der Waals surface area (Å²) in [5.41, 5.74) is 1.07. The third-order valence-corrected chi connectivity index (χ3v) is 5.53. The van der Waals surface area contributed by atoms with Crippen molar-refractivity contribution in [1.29, 1.82) is 0 Å². The van der Waals surface area contributed by atoms with E-state index in [1.165, 1.54) is 32.4 Å². The second-order valence-corrected chi connectivity index (χ2v) is 7.50. The van der Waals surface area contributed by atoms with Gasteiger partial charge in [0.1, 0.15) is 0 Å². The van der Waals surface area contributed by atoms with Crippen LogP contribution in [0, 0.1) is 0 Å². The highest BCUT2D eigenvalue weighted by Gasteiger charge is 2.22. The second kappa shape index (κ2) is 7.25. The van der Waals surface area contributed by atoms with Gasteiger partial charge in [-0.25, -0.2) is 8.42 Å². The quantitative estimate of drug-likeness (QED) is 0.838.